The van der Waals surface area contributed by atoms with Crippen molar-refractivity contribution in [2.45, 2.75) is 19.4 Å². The van der Waals surface area contributed by atoms with Gasteiger partial charge in [-0.1, -0.05) is 0 Å². The Morgan fingerprint density at radius 2 is 2.19 bits per heavy atom. The third-order valence-electron chi connectivity index (χ3n) is 3.84. The Morgan fingerprint density at radius 1 is 1.38 bits per heavy atom. The molecule has 0 radical (unpaired) electrons. The van der Waals surface area contributed by atoms with E-state index in [-0.39, 0.29) is 5.56 Å². The summed E-state index contributed by atoms with van der Waals surface area (Å²) in [5.74, 6) is 0.644. The third-order valence-corrected chi connectivity index (χ3v) is 4.57. The Hall–Kier alpha value is -1.66. The van der Waals surface area contributed by atoms with E-state index in [1.54, 1.807) is 11.3 Å². The van der Waals surface area contributed by atoms with Gasteiger partial charge >= 0.3 is 0 Å². The van der Waals surface area contributed by atoms with Crippen molar-refractivity contribution in [2.24, 2.45) is 0 Å². The molecule has 0 aliphatic carbocycles. The number of H-pyrrole nitrogens is 1. The van der Waals surface area contributed by atoms with E-state index >= 15 is 0 Å². The Bertz CT molecular complexity index is 663. The summed E-state index contributed by atoms with van der Waals surface area (Å²) >= 11 is 1.73. The van der Waals surface area contributed by atoms with Crippen LogP contribution in [-0.4, -0.2) is 42.1 Å². The molecule has 0 bridgehead atoms. The smallest absolute Gasteiger partial charge is 0.255 e. The standard InChI is InChI=1S/C15H20N4OS/c1-18(2)15-16-13-4-7-19(9-11-5-8-21-10-11)6-3-12(13)14(20)17-15/h5,8,10H,3-4,6-7,9H2,1-2H3,(H,16,17,20). The van der Waals surface area contributed by atoms with Gasteiger partial charge in [-0.25, -0.2) is 4.98 Å². The van der Waals surface area contributed by atoms with Crippen molar-refractivity contribution in [2.75, 3.05) is 32.1 Å². The number of nitrogens with zero attached hydrogens (tertiary/aromatic N) is 3. The second kappa shape index (κ2) is 5.99. The summed E-state index contributed by atoms with van der Waals surface area (Å²) in [6, 6.07) is 2.16. The molecule has 0 spiro atoms. The minimum atomic E-state index is 0.0149. The lowest BCUT2D eigenvalue weighted by molar-refractivity contribution is 0.279. The molecule has 3 rings (SSSR count). The molecule has 112 valence electrons. The SMILES string of the molecule is CN(C)c1nc2c(c(=O)[nH]1)CCN(Cc1ccsc1)CC2. The fraction of sp³-hybridized carbons (Fsp3) is 0.467. The molecular formula is C15H20N4OS. The van der Waals surface area contributed by atoms with Crippen molar-refractivity contribution in [1.29, 1.82) is 0 Å². The average Bonchev–Trinajstić information content (AvgIpc) is 2.86. The molecule has 3 heterocycles. The number of thiophene rings is 1. The predicted octanol–water partition coefficient (Wildman–Crippen LogP) is 1.50. The monoisotopic (exact) mass is 304 g/mol. The lowest BCUT2D eigenvalue weighted by Gasteiger charge is -2.18. The fourth-order valence-corrected chi connectivity index (χ4v) is 3.31. The first-order chi connectivity index (χ1) is 10.1. The summed E-state index contributed by atoms with van der Waals surface area (Å²) in [7, 11) is 3.79. The zero-order valence-corrected chi connectivity index (χ0v) is 13.2. The van der Waals surface area contributed by atoms with Gasteiger partial charge in [-0.15, -0.1) is 0 Å². The van der Waals surface area contributed by atoms with Crippen LogP contribution in [0.2, 0.25) is 0 Å². The van der Waals surface area contributed by atoms with Crippen LogP contribution in [0.3, 0.4) is 0 Å². The maximum absolute atomic E-state index is 12.2. The first-order valence-electron chi connectivity index (χ1n) is 7.16. The number of hydrogen-bond donors (Lipinski definition) is 1. The summed E-state index contributed by atoms with van der Waals surface area (Å²) in [4.78, 5) is 23.9. The number of anilines is 1. The van der Waals surface area contributed by atoms with E-state index < -0.39 is 0 Å². The normalized spacial score (nSPS) is 15.5. The topological polar surface area (TPSA) is 52.2 Å². The minimum absolute atomic E-state index is 0.0149. The molecule has 0 unspecified atom stereocenters. The molecule has 1 N–H and O–H groups in total. The van der Waals surface area contributed by atoms with Gasteiger partial charge in [0.25, 0.3) is 5.56 Å². The summed E-state index contributed by atoms with van der Waals surface area (Å²) in [5, 5.41) is 4.30. The van der Waals surface area contributed by atoms with Crippen LogP contribution in [0.25, 0.3) is 0 Å². The van der Waals surface area contributed by atoms with Gasteiger partial charge in [0, 0.05) is 45.7 Å². The molecule has 2 aromatic rings. The van der Waals surface area contributed by atoms with E-state index in [4.69, 9.17) is 0 Å². The van der Waals surface area contributed by atoms with Crippen LogP contribution in [0.5, 0.6) is 0 Å². The lowest BCUT2D eigenvalue weighted by atomic mass is 10.1. The molecular weight excluding hydrogens is 284 g/mol. The van der Waals surface area contributed by atoms with Crippen LogP contribution in [0.15, 0.2) is 21.6 Å². The van der Waals surface area contributed by atoms with Crippen LogP contribution in [0.4, 0.5) is 5.95 Å². The van der Waals surface area contributed by atoms with Gasteiger partial charge in [0.1, 0.15) is 0 Å². The van der Waals surface area contributed by atoms with Gasteiger partial charge in [-0.05, 0) is 28.8 Å². The van der Waals surface area contributed by atoms with Crippen LogP contribution in [-0.2, 0) is 19.4 Å². The first-order valence-corrected chi connectivity index (χ1v) is 8.10. The Labute approximate surface area is 128 Å². The summed E-state index contributed by atoms with van der Waals surface area (Å²) in [5.41, 5.74) is 3.17. The van der Waals surface area contributed by atoms with Crippen LogP contribution >= 0.6 is 11.3 Å². The van der Waals surface area contributed by atoms with E-state index in [9.17, 15) is 4.79 Å². The quantitative estimate of drug-likeness (QED) is 0.933. The lowest BCUT2D eigenvalue weighted by Crippen LogP contribution is -2.26. The molecule has 0 atom stereocenters. The molecule has 1 aliphatic rings. The highest BCUT2D eigenvalue weighted by atomic mass is 32.1. The van der Waals surface area contributed by atoms with Crippen LogP contribution in [0, 0.1) is 0 Å². The van der Waals surface area contributed by atoms with Gasteiger partial charge in [0.2, 0.25) is 5.95 Å². The fourth-order valence-electron chi connectivity index (χ4n) is 2.65. The molecule has 6 heteroatoms. The van der Waals surface area contributed by atoms with Gasteiger partial charge in [0.15, 0.2) is 0 Å². The van der Waals surface area contributed by atoms with Crippen molar-refractivity contribution in [3.05, 3.63) is 44.0 Å². The highest BCUT2D eigenvalue weighted by Gasteiger charge is 2.19. The summed E-state index contributed by atoms with van der Waals surface area (Å²) in [6.45, 7) is 2.82. The number of fused-ring (bicyclic) bond motifs is 1. The van der Waals surface area contributed by atoms with Crippen LogP contribution < -0.4 is 10.5 Å². The Morgan fingerprint density at radius 3 is 2.90 bits per heavy atom. The van der Waals surface area contributed by atoms with Crippen LogP contribution in [0.1, 0.15) is 16.8 Å². The molecule has 0 saturated carbocycles. The second-order valence-electron chi connectivity index (χ2n) is 5.62. The largest absolute Gasteiger partial charge is 0.348 e. The Kier molecular flexibility index (Phi) is 4.07. The van der Waals surface area contributed by atoms with Crippen molar-refractivity contribution in [1.82, 2.24) is 14.9 Å². The van der Waals surface area contributed by atoms with Crippen molar-refractivity contribution < 1.29 is 0 Å². The molecule has 0 fully saturated rings. The predicted molar refractivity (Wildman–Crippen MR) is 86.2 cm³/mol. The maximum atomic E-state index is 12.2. The molecule has 2 aromatic heterocycles. The van der Waals surface area contributed by atoms with E-state index in [1.807, 2.05) is 19.0 Å². The molecule has 0 aromatic carbocycles. The van der Waals surface area contributed by atoms with Gasteiger partial charge in [-0.2, -0.15) is 11.3 Å². The van der Waals surface area contributed by atoms with Crippen molar-refractivity contribution >= 4 is 17.3 Å². The molecule has 0 saturated heterocycles. The average molecular weight is 304 g/mol. The van der Waals surface area contributed by atoms with E-state index in [2.05, 4.69) is 31.7 Å². The molecule has 1 aliphatic heterocycles. The molecule has 0 amide bonds. The van der Waals surface area contributed by atoms with Gasteiger partial charge < -0.3 is 4.90 Å². The summed E-state index contributed by atoms with van der Waals surface area (Å²) in [6.07, 6.45) is 1.61. The number of hydrogen-bond acceptors (Lipinski definition) is 5. The van der Waals surface area contributed by atoms with E-state index in [1.165, 1.54) is 5.56 Å². The van der Waals surface area contributed by atoms with E-state index in [0.717, 1.165) is 43.7 Å². The van der Waals surface area contributed by atoms with Crippen molar-refractivity contribution in [3.8, 4) is 0 Å². The maximum Gasteiger partial charge on any atom is 0.255 e. The number of aromatic nitrogens is 2. The minimum Gasteiger partial charge on any atom is -0.348 e. The highest BCUT2D eigenvalue weighted by molar-refractivity contribution is 7.07. The van der Waals surface area contributed by atoms with Crippen molar-refractivity contribution in [3.63, 3.8) is 0 Å². The molecule has 5 nitrogen and oxygen atoms in total. The first kappa shape index (κ1) is 14.3. The van der Waals surface area contributed by atoms with Gasteiger partial charge in [0.05, 0.1) is 5.69 Å². The molecule has 21 heavy (non-hydrogen) atoms. The third kappa shape index (κ3) is 3.16. The zero-order chi connectivity index (χ0) is 14.8. The zero-order valence-electron chi connectivity index (χ0n) is 12.4. The number of rotatable bonds is 3. The van der Waals surface area contributed by atoms with Gasteiger partial charge in [-0.3, -0.25) is 14.7 Å². The summed E-state index contributed by atoms with van der Waals surface area (Å²) < 4.78 is 0. The Balaban J connectivity index is 1.79. The van der Waals surface area contributed by atoms with E-state index in [0.29, 0.717) is 5.95 Å². The highest BCUT2D eigenvalue weighted by Crippen LogP contribution is 2.16. The number of nitrogens with one attached hydrogen (secondary N) is 1. The number of aromatic amines is 1. The second-order valence-corrected chi connectivity index (χ2v) is 6.40.